The van der Waals surface area contributed by atoms with Crippen LogP contribution in [0.1, 0.15) is 57.6 Å². The molecule has 0 spiro atoms. The largest absolute Gasteiger partial charge is 0.463 e. The van der Waals surface area contributed by atoms with Gasteiger partial charge in [0.2, 0.25) is 0 Å². The Bertz CT molecular complexity index is 893. The summed E-state index contributed by atoms with van der Waals surface area (Å²) in [5, 5.41) is 0. The van der Waals surface area contributed by atoms with E-state index in [9.17, 15) is 9.59 Å². The van der Waals surface area contributed by atoms with Crippen LogP contribution in [-0.4, -0.2) is 18.4 Å². The number of esters is 1. The molecule has 3 nitrogen and oxygen atoms in total. The highest BCUT2D eigenvalue weighted by atomic mass is 127. The fraction of sp³-hybridized carbons (Fsp3) is 0.304. The lowest BCUT2D eigenvalue weighted by Gasteiger charge is -2.21. The Morgan fingerprint density at radius 2 is 1.41 bits per heavy atom. The van der Waals surface area contributed by atoms with E-state index in [4.69, 9.17) is 4.74 Å². The number of carbonyl (C=O) groups is 2. The van der Waals surface area contributed by atoms with Crippen LogP contribution in [0.3, 0.4) is 0 Å². The van der Waals surface area contributed by atoms with E-state index >= 15 is 0 Å². The van der Waals surface area contributed by atoms with E-state index in [0.717, 1.165) is 48.1 Å². The maximum Gasteiger partial charge on any atom is 0.331 e. The van der Waals surface area contributed by atoms with Crippen LogP contribution in [0.5, 0.6) is 0 Å². The number of halogens is 1. The highest BCUT2D eigenvalue weighted by Crippen LogP contribution is 2.35. The molecular weight excluding hydrogens is 451 g/mol. The number of benzene rings is 2. The Balaban J connectivity index is 2.83. The maximum atomic E-state index is 12.3. The third kappa shape index (κ3) is 4.49. The van der Waals surface area contributed by atoms with Gasteiger partial charge in [0.1, 0.15) is 0 Å². The molecular formula is C23H25IO3. The predicted molar refractivity (Wildman–Crippen MR) is 118 cm³/mol. The first-order valence-electron chi connectivity index (χ1n) is 8.95. The van der Waals surface area contributed by atoms with Gasteiger partial charge in [0.15, 0.2) is 5.78 Å². The fourth-order valence-corrected chi connectivity index (χ4v) is 3.84. The van der Waals surface area contributed by atoms with Crippen LogP contribution >= 0.6 is 22.6 Å². The van der Waals surface area contributed by atoms with Gasteiger partial charge >= 0.3 is 5.97 Å². The van der Waals surface area contributed by atoms with Crippen molar-refractivity contribution in [3.8, 4) is 0 Å². The van der Waals surface area contributed by atoms with Crippen molar-refractivity contribution in [1.29, 1.82) is 0 Å². The molecule has 0 atom stereocenters. The van der Waals surface area contributed by atoms with Gasteiger partial charge in [0.25, 0.3) is 0 Å². The van der Waals surface area contributed by atoms with Crippen molar-refractivity contribution in [2.75, 3.05) is 6.61 Å². The first kappa shape index (κ1) is 21.4. The summed E-state index contributed by atoms with van der Waals surface area (Å²) in [7, 11) is 0. The molecule has 2 rings (SSSR count). The van der Waals surface area contributed by atoms with Crippen molar-refractivity contribution in [2.24, 2.45) is 0 Å². The summed E-state index contributed by atoms with van der Waals surface area (Å²) >= 11 is 2.26. The molecule has 0 saturated heterocycles. The summed E-state index contributed by atoms with van der Waals surface area (Å²) < 4.78 is 6.29. The van der Waals surface area contributed by atoms with Gasteiger partial charge in [0, 0.05) is 15.2 Å². The second kappa shape index (κ2) is 8.83. The smallest absolute Gasteiger partial charge is 0.331 e. The zero-order valence-electron chi connectivity index (χ0n) is 16.7. The van der Waals surface area contributed by atoms with Gasteiger partial charge < -0.3 is 4.74 Å². The van der Waals surface area contributed by atoms with Crippen molar-refractivity contribution in [3.05, 3.63) is 72.9 Å². The molecule has 27 heavy (non-hydrogen) atoms. The highest BCUT2D eigenvalue weighted by molar-refractivity contribution is 14.1. The lowest BCUT2D eigenvalue weighted by molar-refractivity contribution is -0.137. The number of hydrogen-bond acceptors (Lipinski definition) is 3. The van der Waals surface area contributed by atoms with Crippen LogP contribution in [0, 0.1) is 31.3 Å². The lowest BCUT2D eigenvalue weighted by Crippen LogP contribution is -2.10. The molecule has 2 aromatic carbocycles. The van der Waals surface area contributed by atoms with E-state index in [2.05, 4.69) is 22.6 Å². The summed E-state index contributed by atoms with van der Waals surface area (Å²) in [5.74, 6) is -0.302. The Morgan fingerprint density at radius 1 is 0.926 bits per heavy atom. The molecule has 0 aliphatic rings. The van der Waals surface area contributed by atoms with Crippen molar-refractivity contribution in [2.45, 2.75) is 41.5 Å². The zero-order valence-corrected chi connectivity index (χ0v) is 18.9. The summed E-state index contributed by atoms with van der Waals surface area (Å²) in [6.45, 7) is 11.7. The Morgan fingerprint density at radius 3 is 1.85 bits per heavy atom. The first-order valence-corrected chi connectivity index (χ1v) is 10.0. The molecule has 0 aromatic heterocycles. The molecule has 0 saturated carbocycles. The number of hydrogen-bond donors (Lipinski definition) is 0. The third-order valence-corrected chi connectivity index (χ3v) is 5.67. The topological polar surface area (TPSA) is 43.4 Å². The second-order valence-corrected chi connectivity index (χ2v) is 7.87. The maximum absolute atomic E-state index is 12.3. The number of rotatable bonds is 5. The molecule has 0 aliphatic carbocycles. The molecule has 0 fully saturated rings. The van der Waals surface area contributed by atoms with Crippen LogP contribution in [0.25, 0.3) is 5.57 Å². The van der Waals surface area contributed by atoms with Gasteiger partial charge in [-0.05, 0) is 115 Å². The van der Waals surface area contributed by atoms with Gasteiger partial charge in [-0.3, -0.25) is 4.79 Å². The molecule has 0 heterocycles. The lowest BCUT2D eigenvalue weighted by atomic mass is 9.82. The average Bonchev–Trinajstić information content (AvgIpc) is 2.60. The minimum Gasteiger partial charge on any atom is -0.463 e. The van der Waals surface area contributed by atoms with Crippen LogP contribution in [0.15, 0.2) is 30.3 Å². The summed E-state index contributed by atoms with van der Waals surface area (Å²) in [5.41, 5.74) is 7.47. The van der Waals surface area contributed by atoms with Gasteiger partial charge in [-0.1, -0.05) is 12.1 Å². The molecule has 0 aliphatic heterocycles. The molecule has 0 amide bonds. The first-order chi connectivity index (χ1) is 12.7. The number of ether oxygens (including phenoxy) is 1. The van der Waals surface area contributed by atoms with E-state index in [1.165, 1.54) is 0 Å². The van der Waals surface area contributed by atoms with Crippen molar-refractivity contribution >= 4 is 39.9 Å². The Kier molecular flexibility index (Phi) is 6.98. The molecule has 142 valence electrons. The van der Waals surface area contributed by atoms with Crippen LogP contribution in [0.4, 0.5) is 0 Å². The second-order valence-electron chi connectivity index (χ2n) is 6.62. The van der Waals surface area contributed by atoms with E-state index in [0.29, 0.717) is 6.61 Å². The summed E-state index contributed by atoms with van der Waals surface area (Å²) in [6.07, 6.45) is 1.56. The number of carbonyl (C=O) groups excluding carboxylic acids is 2. The Hall–Kier alpha value is -1.95. The quantitative estimate of drug-likeness (QED) is 0.240. The molecule has 0 N–H and O–H groups in total. The number of ketones is 1. The molecule has 0 radical (unpaired) electrons. The molecule has 2 aromatic rings. The zero-order chi connectivity index (χ0) is 20.3. The number of Topliss-reactive ketones (excluding diaryl/α,β-unsaturated/α-hetero) is 1. The van der Waals surface area contributed by atoms with Crippen molar-refractivity contribution in [1.82, 2.24) is 0 Å². The van der Waals surface area contributed by atoms with Crippen LogP contribution < -0.4 is 0 Å². The fourth-order valence-electron chi connectivity index (χ4n) is 3.48. The van der Waals surface area contributed by atoms with E-state index in [1.54, 1.807) is 19.9 Å². The summed E-state index contributed by atoms with van der Waals surface area (Å²) in [6, 6.07) is 8.05. The van der Waals surface area contributed by atoms with E-state index < -0.39 is 0 Å². The van der Waals surface area contributed by atoms with Gasteiger partial charge in [-0.25, -0.2) is 4.79 Å². The minimum atomic E-state index is -0.365. The monoisotopic (exact) mass is 476 g/mol. The van der Waals surface area contributed by atoms with E-state index in [1.807, 2.05) is 52.0 Å². The van der Waals surface area contributed by atoms with E-state index in [-0.39, 0.29) is 11.8 Å². The van der Waals surface area contributed by atoms with Crippen molar-refractivity contribution < 1.29 is 14.3 Å². The summed E-state index contributed by atoms with van der Waals surface area (Å²) in [4.78, 5) is 24.4. The minimum absolute atomic E-state index is 0.0629. The van der Waals surface area contributed by atoms with Crippen molar-refractivity contribution in [3.63, 3.8) is 0 Å². The SMILES string of the molecule is CCOC(=O)/C=C(\c1ccc(I)cc1)c1c(C)c(C)c(C(C)=O)c(C)c1C. The molecule has 0 unspecified atom stereocenters. The Labute approximate surface area is 175 Å². The van der Waals surface area contributed by atoms with Gasteiger partial charge in [-0.2, -0.15) is 0 Å². The molecule has 0 bridgehead atoms. The van der Waals surface area contributed by atoms with Gasteiger partial charge in [-0.15, -0.1) is 0 Å². The van der Waals surface area contributed by atoms with Crippen LogP contribution in [0.2, 0.25) is 0 Å². The normalized spacial score (nSPS) is 11.4. The average molecular weight is 476 g/mol. The third-order valence-electron chi connectivity index (χ3n) is 4.95. The highest BCUT2D eigenvalue weighted by Gasteiger charge is 2.21. The van der Waals surface area contributed by atoms with Crippen LogP contribution in [-0.2, 0) is 9.53 Å². The van der Waals surface area contributed by atoms with Gasteiger partial charge in [0.05, 0.1) is 6.61 Å². The molecule has 4 heteroatoms. The standard InChI is InChI=1S/C23H25IO3/c1-7-27-21(26)12-20(18-8-10-19(24)11-9-18)23-15(4)13(2)22(17(6)25)14(3)16(23)5/h8-12H,7H2,1-6H3/b20-12+. The predicted octanol–water partition coefficient (Wildman–Crippen LogP) is 5.72.